The van der Waals surface area contributed by atoms with Gasteiger partial charge in [0, 0.05) is 12.1 Å². The number of nitrogens with zero attached hydrogens (tertiary/aromatic N) is 2. The topological polar surface area (TPSA) is 51.0 Å². The molecule has 0 fully saturated rings. The monoisotopic (exact) mass is 273 g/mol. The molecule has 0 unspecified atom stereocenters. The first-order chi connectivity index (χ1) is 9.78. The van der Waals surface area contributed by atoms with Crippen molar-refractivity contribution >= 4 is 5.69 Å². The number of aromatic nitrogens is 2. The molecule has 2 rings (SSSR count). The third kappa shape index (κ3) is 3.38. The van der Waals surface area contributed by atoms with Gasteiger partial charge < -0.3 is 9.73 Å². The van der Waals surface area contributed by atoms with Gasteiger partial charge in [0.15, 0.2) is 0 Å². The lowest BCUT2D eigenvalue weighted by atomic mass is 10.0. The van der Waals surface area contributed by atoms with Gasteiger partial charge >= 0.3 is 0 Å². The van der Waals surface area contributed by atoms with Crippen molar-refractivity contribution in [1.82, 2.24) is 10.2 Å². The Bertz CT molecular complexity index is 526. The van der Waals surface area contributed by atoms with Crippen molar-refractivity contribution in [2.75, 3.05) is 5.32 Å². The maximum absolute atomic E-state index is 5.61. The van der Waals surface area contributed by atoms with E-state index in [4.69, 9.17) is 4.42 Å². The summed E-state index contributed by atoms with van der Waals surface area (Å²) in [6, 6.07) is 6.45. The summed E-state index contributed by atoms with van der Waals surface area (Å²) in [5.41, 5.74) is 3.88. The van der Waals surface area contributed by atoms with Crippen LogP contribution < -0.4 is 5.32 Å². The van der Waals surface area contributed by atoms with Crippen LogP contribution >= 0.6 is 0 Å². The molecule has 2 aromatic rings. The van der Waals surface area contributed by atoms with Gasteiger partial charge in [-0.05, 0) is 30.4 Å². The van der Waals surface area contributed by atoms with E-state index in [1.165, 1.54) is 16.8 Å². The fourth-order valence-corrected chi connectivity index (χ4v) is 2.31. The molecular weight excluding hydrogens is 250 g/mol. The highest BCUT2D eigenvalue weighted by Gasteiger charge is 2.09. The van der Waals surface area contributed by atoms with Gasteiger partial charge in [-0.2, -0.15) is 0 Å². The summed E-state index contributed by atoms with van der Waals surface area (Å²) in [4.78, 5) is 0. The first-order valence-corrected chi connectivity index (χ1v) is 7.44. The lowest BCUT2D eigenvalue weighted by molar-refractivity contribution is 0.453. The highest BCUT2D eigenvalue weighted by Crippen LogP contribution is 2.23. The number of benzene rings is 1. The Labute approximate surface area is 120 Å². The molecule has 4 heteroatoms. The number of nitrogens with one attached hydrogen (secondary N) is 1. The molecule has 1 heterocycles. The van der Waals surface area contributed by atoms with Crippen LogP contribution in [0.3, 0.4) is 0 Å². The molecule has 0 spiro atoms. The maximum atomic E-state index is 5.61. The Hall–Kier alpha value is -1.84. The van der Waals surface area contributed by atoms with Crippen molar-refractivity contribution in [2.45, 2.75) is 53.0 Å². The Kier molecular flexibility index (Phi) is 5.16. The van der Waals surface area contributed by atoms with E-state index >= 15 is 0 Å². The molecule has 0 saturated heterocycles. The SMILES string of the molecule is CCCc1nnc(CNc2c(CC)cccc2CC)o1. The molecule has 108 valence electrons. The molecule has 0 aliphatic rings. The Balaban J connectivity index is 2.09. The van der Waals surface area contributed by atoms with Gasteiger partial charge in [0.1, 0.15) is 0 Å². The molecule has 0 radical (unpaired) electrons. The van der Waals surface area contributed by atoms with Crippen LogP contribution in [-0.2, 0) is 25.8 Å². The predicted octanol–water partition coefficient (Wildman–Crippen LogP) is 3.76. The second-order valence-corrected chi connectivity index (χ2v) is 4.85. The smallest absolute Gasteiger partial charge is 0.235 e. The molecule has 1 aromatic heterocycles. The zero-order valence-electron chi connectivity index (χ0n) is 12.6. The molecular formula is C16H23N3O. The fraction of sp³-hybridized carbons (Fsp3) is 0.500. The number of hydrogen-bond acceptors (Lipinski definition) is 4. The van der Waals surface area contributed by atoms with Crippen LogP contribution in [0, 0.1) is 0 Å². The summed E-state index contributed by atoms with van der Waals surface area (Å²) in [5.74, 6) is 1.38. The van der Waals surface area contributed by atoms with Gasteiger partial charge in [-0.15, -0.1) is 10.2 Å². The summed E-state index contributed by atoms with van der Waals surface area (Å²) in [7, 11) is 0. The summed E-state index contributed by atoms with van der Waals surface area (Å²) in [6.45, 7) is 7.03. The van der Waals surface area contributed by atoms with Gasteiger partial charge in [0.05, 0.1) is 6.54 Å². The van der Waals surface area contributed by atoms with Crippen molar-refractivity contribution in [1.29, 1.82) is 0 Å². The second kappa shape index (κ2) is 7.08. The number of hydrogen-bond donors (Lipinski definition) is 1. The molecule has 0 aliphatic heterocycles. The van der Waals surface area contributed by atoms with E-state index in [1.54, 1.807) is 0 Å². The minimum atomic E-state index is 0.584. The Morgan fingerprint density at radius 2 is 1.65 bits per heavy atom. The van der Waals surface area contributed by atoms with Crippen molar-refractivity contribution in [3.05, 3.63) is 41.1 Å². The summed E-state index contributed by atoms with van der Waals surface area (Å²) in [5, 5.41) is 11.6. The highest BCUT2D eigenvalue weighted by atomic mass is 16.4. The summed E-state index contributed by atoms with van der Waals surface area (Å²) >= 11 is 0. The summed E-state index contributed by atoms with van der Waals surface area (Å²) < 4.78 is 5.61. The normalized spacial score (nSPS) is 10.8. The first-order valence-electron chi connectivity index (χ1n) is 7.44. The Morgan fingerprint density at radius 1 is 1.00 bits per heavy atom. The van der Waals surface area contributed by atoms with Crippen LogP contribution in [0.4, 0.5) is 5.69 Å². The van der Waals surface area contributed by atoms with Crippen molar-refractivity contribution in [3.63, 3.8) is 0 Å². The highest BCUT2D eigenvalue weighted by molar-refractivity contribution is 5.57. The van der Waals surface area contributed by atoms with Crippen LogP contribution in [0.1, 0.15) is 50.1 Å². The van der Waals surface area contributed by atoms with E-state index < -0.39 is 0 Å². The number of para-hydroxylation sites is 1. The Morgan fingerprint density at radius 3 is 2.25 bits per heavy atom. The lowest BCUT2D eigenvalue weighted by Crippen LogP contribution is -2.05. The summed E-state index contributed by atoms with van der Waals surface area (Å²) in [6.07, 6.45) is 3.90. The molecule has 4 nitrogen and oxygen atoms in total. The minimum absolute atomic E-state index is 0.584. The molecule has 0 bridgehead atoms. The van der Waals surface area contributed by atoms with Gasteiger partial charge in [-0.25, -0.2) is 0 Å². The van der Waals surface area contributed by atoms with Crippen LogP contribution in [0.5, 0.6) is 0 Å². The van der Waals surface area contributed by atoms with Crippen LogP contribution in [-0.4, -0.2) is 10.2 Å². The van der Waals surface area contributed by atoms with Crippen molar-refractivity contribution in [3.8, 4) is 0 Å². The average molecular weight is 273 g/mol. The number of aryl methyl sites for hydroxylation is 3. The number of rotatable bonds is 7. The lowest BCUT2D eigenvalue weighted by Gasteiger charge is -2.14. The van der Waals surface area contributed by atoms with Gasteiger partial charge in [-0.3, -0.25) is 0 Å². The average Bonchev–Trinajstić information content (AvgIpc) is 2.92. The van der Waals surface area contributed by atoms with E-state index in [0.717, 1.165) is 31.6 Å². The molecule has 0 atom stereocenters. The van der Waals surface area contributed by atoms with Gasteiger partial charge in [0.2, 0.25) is 11.8 Å². The zero-order chi connectivity index (χ0) is 14.4. The molecule has 0 saturated carbocycles. The zero-order valence-corrected chi connectivity index (χ0v) is 12.6. The third-order valence-corrected chi connectivity index (χ3v) is 3.39. The van der Waals surface area contributed by atoms with Crippen LogP contribution in [0.25, 0.3) is 0 Å². The predicted molar refractivity (Wildman–Crippen MR) is 80.8 cm³/mol. The van der Waals surface area contributed by atoms with Crippen LogP contribution in [0.15, 0.2) is 22.6 Å². The van der Waals surface area contributed by atoms with Gasteiger partial charge in [-0.1, -0.05) is 39.0 Å². The third-order valence-electron chi connectivity index (χ3n) is 3.39. The van der Waals surface area contributed by atoms with Crippen molar-refractivity contribution in [2.24, 2.45) is 0 Å². The number of anilines is 1. The molecule has 0 amide bonds. The van der Waals surface area contributed by atoms with E-state index in [0.29, 0.717) is 12.4 Å². The molecule has 1 aromatic carbocycles. The maximum Gasteiger partial charge on any atom is 0.235 e. The molecule has 1 N–H and O–H groups in total. The first kappa shape index (κ1) is 14.6. The standard InChI is InChI=1S/C16H23N3O/c1-4-8-14-18-19-15(20-14)11-17-16-12(5-2)9-7-10-13(16)6-3/h7,9-10,17H,4-6,8,11H2,1-3H3. The minimum Gasteiger partial charge on any atom is -0.423 e. The van der Waals surface area contributed by atoms with Gasteiger partial charge in [0.25, 0.3) is 0 Å². The van der Waals surface area contributed by atoms with E-state index in [2.05, 4.69) is 54.5 Å². The van der Waals surface area contributed by atoms with Crippen LogP contribution in [0.2, 0.25) is 0 Å². The van der Waals surface area contributed by atoms with E-state index in [-0.39, 0.29) is 0 Å². The van der Waals surface area contributed by atoms with Crippen molar-refractivity contribution < 1.29 is 4.42 Å². The quantitative estimate of drug-likeness (QED) is 0.834. The fourth-order valence-electron chi connectivity index (χ4n) is 2.31. The molecule has 0 aliphatic carbocycles. The molecule has 20 heavy (non-hydrogen) atoms. The van der Waals surface area contributed by atoms with E-state index in [1.807, 2.05) is 0 Å². The largest absolute Gasteiger partial charge is 0.423 e. The van der Waals surface area contributed by atoms with E-state index in [9.17, 15) is 0 Å². The second-order valence-electron chi connectivity index (χ2n) is 4.85.